The standard InChI is InChI=1S/C26H31N9O3S/c1-17-8-12-34(33-17)22-15-28-24(13-21(22)30-19-5-9-26(2,36)10-6-19)31-23-7-11-27-25(32-23)18-14-29-35(16-18)39(37,38)20-3-4-20/h7-8,11-16,19-20,36H,3-6,9-10H2,1-2H3,(H2,27,28,30,31,32). The number of aromatic nitrogens is 7. The van der Waals surface area contributed by atoms with Gasteiger partial charge in [-0.25, -0.2) is 28.1 Å². The summed E-state index contributed by atoms with van der Waals surface area (Å²) in [7, 11) is -3.46. The molecule has 39 heavy (non-hydrogen) atoms. The second-order valence-electron chi connectivity index (χ2n) is 10.6. The van der Waals surface area contributed by atoms with Gasteiger partial charge < -0.3 is 15.7 Å². The van der Waals surface area contributed by atoms with Crippen LogP contribution in [0.1, 0.15) is 51.1 Å². The molecule has 0 radical (unpaired) electrons. The predicted octanol–water partition coefficient (Wildman–Crippen LogP) is 3.42. The van der Waals surface area contributed by atoms with Gasteiger partial charge in [-0.1, -0.05) is 0 Å². The molecule has 12 nitrogen and oxygen atoms in total. The van der Waals surface area contributed by atoms with Crippen molar-refractivity contribution in [2.75, 3.05) is 10.6 Å². The molecule has 0 aliphatic heterocycles. The summed E-state index contributed by atoms with van der Waals surface area (Å²) in [6, 6.07) is 5.79. The Balaban J connectivity index is 1.25. The van der Waals surface area contributed by atoms with Gasteiger partial charge in [-0.15, -0.1) is 0 Å². The smallest absolute Gasteiger partial charge is 0.256 e. The lowest BCUT2D eigenvalue weighted by atomic mass is 9.83. The number of hydrogen-bond donors (Lipinski definition) is 3. The van der Waals surface area contributed by atoms with Gasteiger partial charge in [0, 0.05) is 24.5 Å². The third-order valence-electron chi connectivity index (χ3n) is 7.21. The second-order valence-corrected chi connectivity index (χ2v) is 12.7. The van der Waals surface area contributed by atoms with Crippen molar-refractivity contribution in [3.63, 3.8) is 0 Å². The van der Waals surface area contributed by atoms with Crippen LogP contribution in [0, 0.1) is 6.92 Å². The lowest BCUT2D eigenvalue weighted by molar-refractivity contribution is 0.0196. The van der Waals surface area contributed by atoms with E-state index in [1.165, 1.54) is 12.4 Å². The number of rotatable bonds is 8. The van der Waals surface area contributed by atoms with Gasteiger partial charge in [0.05, 0.1) is 46.4 Å². The first kappa shape index (κ1) is 25.4. The molecule has 0 atom stereocenters. The molecule has 2 aliphatic rings. The largest absolute Gasteiger partial charge is 0.390 e. The molecule has 2 aliphatic carbocycles. The van der Waals surface area contributed by atoms with Crippen LogP contribution >= 0.6 is 0 Å². The van der Waals surface area contributed by atoms with Crippen LogP contribution in [0.15, 0.2) is 49.2 Å². The highest BCUT2D eigenvalue weighted by Crippen LogP contribution is 2.33. The molecule has 0 spiro atoms. The highest BCUT2D eigenvalue weighted by Gasteiger charge is 2.37. The van der Waals surface area contributed by atoms with Crippen molar-refractivity contribution in [2.45, 2.75) is 69.3 Å². The summed E-state index contributed by atoms with van der Waals surface area (Å²) in [5, 5.41) is 25.5. The molecule has 4 heterocycles. The van der Waals surface area contributed by atoms with Crippen molar-refractivity contribution in [1.82, 2.24) is 33.9 Å². The Morgan fingerprint density at radius 2 is 1.87 bits per heavy atom. The average molecular weight is 550 g/mol. The molecular formula is C26H31N9O3S. The minimum absolute atomic E-state index is 0.213. The molecule has 6 rings (SSSR count). The van der Waals surface area contributed by atoms with Gasteiger partial charge in [0.2, 0.25) is 0 Å². The quantitative estimate of drug-likeness (QED) is 0.298. The maximum Gasteiger partial charge on any atom is 0.256 e. The predicted molar refractivity (Wildman–Crippen MR) is 146 cm³/mol. The molecule has 3 N–H and O–H groups in total. The first-order chi connectivity index (χ1) is 18.7. The molecule has 0 amide bonds. The van der Waals surface area contributed by atoms with Crippen molar-refractivity contribution in [1.29, 1.82) is 0 Å². The molecule has 204 valence electrons. The van der Waals surface area contributed by atoms with Gasteiger partial charge >= 0.3 is 0 Å². The first-order valence-electron chi connectivity index (χ1n) is 13.1. The van der Waals surface area contributed by atoms with E-state index in [9.17, 15) is 13.5 Å². The Kier molecular flexibility index (Phi) is 6.34. The van der Waals surface area contributed by atoms with Gasteiger partial charge in [0.15, 0.2) is 5.82 Å². The van der Waals surface area contributed by atoms with Crippen molar-refractivity contribution >= 4 is 27.3 Å². The van der Waals surface area contributed by atoms with Crippen molar-refractivity contribution in [2.24, 2.45) is 0 Å². The van der Waals surface area contributed by atoms with E-state index in [1.807, 2.05) is 32.2 Å². The highest BCUT2D eigenvalue weighted by molar-refractivity contribution is 7.90. The van der Waals surface area contributed by atoms with Gasteiger partial charge in [0.25, 0.3) is 10.0 Å². The molecule has 0 aromatic carbocycles. The fourth-order valence-electron chi connectivity index (χ4n) is 4.74. The molecule has 4 aromatic rings. The van der Waals surface area contributed by atoms with E-state index < -0.39 is 15.6 Å². The van der Waals surface area contributed by atoms with E-state index in [4.69, 9.17) is 0 Å². The third kappa shape index (κ3) is 5.50. The van der Waals surface area contributed by atoms with E-state index in [0.717, 1.165) is 46.8 Å². The van der Waals surface area contributed by atoms with Crippen LogP contribution < -0.4 is 10.6 Å². The van der Waals surface area contributed by atoms with Crippen molar-refractivity contribution < 1.29 is 13.5 Å². The molecule has 2 fully saturated rings. The third-order valence-corrected chi connectivity index (χ3v) is 9.25. The Hall–Kier alpha value is -3.84. The van der Waals surface area contributed by atoms with E-state index in [2.05, 4.69) is 35.8 Å². The van der Waals surface area contributed by atoms with Gasteiger partial charge in [-0.3, -0.25) is 0 Å². The molecule has 4 aromatic heterocycles. The van der Waals surface area contributed by atoms with Crippen LogP contribution in [0.5, 0.6) is 0 Å². The Morgan fingerprint density at radius 1 is 1.08 bits per heavy atom. The summed E-state index contributed by atoms with van der Waals surface area (Å²) in [4.78, 5) is 13.5. The highest BCUT2D eigenvalue weighted by atomic mass is 32.2. The van der Waals surface area contributed by atoms with E-state index in [0.29, 0.717) is 35.9 Å². The van der Waals surface area contributed by atoms with Crippen molar-refractivity contribution in [3.8, 4) is 17.1 Å². The number of aliphatic hydroxyl groups is 1. The summed E-state index contributed by atoms with van der Waals surface area (Å²) in [5.41, 5.74) is 2.48. The first-order valence-corrected chi connectivity index (χ1v) is 14.6. The SMILES string of the molecule is Cc1ccn(-c2cnc(Nc3ccnc(-c4cnn(S(=O)(=O)C5CC5)c4)n3)cc2NC2CCC(C)(O)CC2)n1. The number of nitrogens with zero attached hydrogens (tertiary/aromatic N) is 7. The van der Waals surface area contributed by atoms with Gasteiger partial charge in [-0.2, -0.15) is 14.3 Å². The summed E-state index contributed by atoms with van der Waals surface area (Å²) in [6.45, 7) is 3.83. The summed E-state index contributed by atoms with van der Waals surface area (Å²) < 4.78 is 27.8. The number of nitrogens with one attached hydrogen (secondary N) is 2. The van der Waals surface area contributed by atoms with Crippen LogP contribution in [0.25, 0.3) is 17.1 Å². The topological polar surface area (TPSA) is 153 Å². The zero-order valence-corrected chi connectivity index (χ0v) is 22.6. The van der Waals surface area contributed by atoms with Crippen LogP contribution in [-0.4, -0.2) is 64.3 Å². The fourth-order valence-corrected chi connectivity index (χ4v) is 6.22. The van der Waals surface area contributed by atoms with E-state index in [1.54, 1.807) is 23.1 Å². The normalized spacial score (nSPS) is 21.6. The van der Waals surface area contributed by atoms with Gasteiger partial charge in [0.1, 0.15) is 17.3 Å². The minimum atomic E-state index is -3.46. The summed E-state index contributed by atoms with van der Waals surface area (Å²) >= 11 is 0. The second kappa shape index (κ2) is 9.72. The van der Waals surface area contributed by atoms with E-state index >= 15 is 0 Å². The number of aryl methyl sites for hydroxylation is 1. The Labute approximate surface area is 226 Å². The molecule has 0 saturated heterocycles. The maximum atomic E-state index is 12.5. The summed E-state index contributed by atoms with van der Waals surface area (Å²) in [6.07, 6.45) is 12.7. The molecule has 0 unspecified atom stereocenters. The van der Waals surface area contributed by atoms with Crippen LogP contribution in [0.2, 0.25) is 0 Å². The van der Waals surface area contributed by atoms with Crippen LogP contribution in [0.4, 0.5) is 17.3 Å². The molecule has 0 bridgehead atoms. The fraction of sp³-hybridized carbons (Fsp3) is 0.423. The monoisotopic (exact) mass is 549 g/mol. The lowest BCUT2D eigenvalue weighted by Gasteiger charge is -2.34. The Bertz CT molecular complexity index is 1600. The molecular weight excluding hydrogens is 518 g/mol. The van der Waals surface area contributed by atoms with Crippen molar-refractivity contribution in [3.05, 3.63) is 54.9 Å². The van der Waals surface area contributed by atoms with Crippen LogP contribution in [-0.2, 0) is 10.0 Å². The lowest BCUT2D eigenvalue weighted by Crippen LogP contribution is -2.36. The Morgan fingerprint density at radius 3 is 2.59 bits per heavy atom. The molecule has 2 saturated carbocycles. The average Bonchev–Trinajstić information content (AvgIpc) is 3.50. The summed E-state index contributed by atoms with van der Waals surface area (Å²) in [5.74, 6) is 1.44. The number of hydrogen-bond acceptors (Lipinski definition) is 10. The minimum Gasteiger partial charge on any atom is -0.390 e. The molecule has 13 heteroatoms. The number of anilines is 3. The zero-order valence-electron chi connectivity index (χ0n) is 21.8. The van der Waals surface area contributed by atoms with Crippen LogP contribution in [0.3, 0.4) is 0 Å². The zero-order chi connectivity index (χ0) is 27.2. The van der Waals surface area contributed by atoms with Gasteiger partial charge in [-0.05, 0) is 64.5 Å². The number of pyridine rings is 1. The maximum absolute atomic E-state index is 12.5. The van der Waals surface area contributed by atoms with E-state index in [-0.39, 0.29) is 11.3 Å².